The number of terminal acetylenes is 1. The first-order valence-corrected chi connectivity index (χ1v) is 13.9. The van der Waals surface area contributed by atoms with Crippen molar-refractivity contribution in [3.63, 3.8) is 0 Å². The fourth-order valence-electron chi connectivity index (χ4n) is 2.75. The van der Waals surface area contributed by atoms with E-state index in [1.54, 1.807) is 27.7 Å². The number of carbonyl (C=O) groups excluding carboxylic acids is 1. The maximum absolute atomic E-state index is 14.7. The number of rotatable bonds is 8. The van der Waals surface area contributed by atoms with Crippen molar-refractivity contribution in [1.29, 1.82) is 0 Å². The normalized spacial score (nSPS) is 11.9. The number of aromatic nitrogens is 3. The number of carboxylic acid groups (broad SMARTS) is 1. The van der Waals surface area contributed by atoms with Gasteiger partial charge in [0.05, 0.1) is 12.4 Å². The molecule has 2 heterocycles. The van der Waals surface area contributed by atoms with Gasteiger partial charge >= 0.3 is 6.09 Å². The van der Waals surface area contributed by atoms with Gasteiger partial charge in [-0.15, -0.1) is 10.3 Å². The third-order valence-electron chi connectivity index (χ3n) is 4.21. The van der Waals surface area contributed by atoms with Crippen molar-refractivity contribution in [2.45, 2.75) is 58.8 Å². The second-order valence-electron chi connectivity index (χ2n) is 8.53. The molecule has 230 valence electrons. The van der Waals surface area contributed by atoms with E-state index in [0.717, 1.165) is 17.8 Å². The summed E-state index contributed by atoms with van der Waals surface area (Å²) >= 11 is 0.705. The van der Waals surface area contributed by atoms with Gasteiger partial charge in [-0.05, 0) is 44.9 Å². The number of hydrogen-bond donors (Lipinski definition) is 1. The molecule has 0 aliphatic heterocycles. The summed E-state index contributed by atoms with van der Waals surface area (Å²) in [6, 6.07) is 1.44. The standard InChI is InChI=1S/C24H26F3N5O3S2.C2H6.CH2O2/c1-7-8-34-20-14-29-19(13-30-20)18(25)11-16-10-17(21(26)31-12-16)9-15(2)36-22(28-6)32(37-27)23(33)35-24(3,4)5;1-2;2-1-3/h1,10-15H,8-9H2,2-6H3;1-2H3;1H,(H,2,3)/b18-11-,28-22?;;. The summed E-state index contributed by atoms with van der Waals surface area (Å²) in [4.78, 5) is 36.2. The van der Waals surface area contributed by atoms with Gasteiger partial charge in [0.15, 0.2) is 29.9 Å². The number of nitrogens with zero attached hydrogens (tertiary/aromatic N) is 5. The highest BCUT2D eigenvalue weighted by molar-refractivity contribution is 8.15. The van der Waals surface area contributed by atoms with E-state index in [1.807, 2.05) is 13.8 Å². The highest BCUT2D eigenvalue weighted by Gasteiger charge is 2.28. The molecule has 2 aromatic heterocycles. The van der Waals surface area contributed by atoms with Gasteiger partial charge in [0.2, 0.25) is 11.8 Å². The van der Waals surface area contributed by atoms with Crippen LogP contribution in [0.1, 0.15) is 58.4 Å². The van der Waals surface area contributed by atoms with E-state index < -0.39 is 23.5 Å². The Morgan fingerprint density at radius 1 is 1.26 bits per heavy atom. The molecule has 2 aromatic rings. The summed E-state index contributed by atoms with van der Waals surface area (Å²) in [5, 5.41) is 6.57. The third-order valence-corrected chi connectivity index (χ3v) is 5.93. The molecule has 0 aromatic carbocycles. The number of hydrogen-bond acceptors (Lipinski definition) is 10. The van der Waals surface area contributed by atoms with Crippen molar-refractivity contribution in [2.75, 3.05) is 13.7 Å². The predicted molar refractivity (Wildman–Crippen MR) is 160 cm³/mol. The molecule has 2 rings (SSSR count). The molecular weight excluding hydrogens is 595 g/mol. The molecule has 15 heteroatoms. The SMILES string of the molecule is C#CCOc1cnc(/C(F)=C/c2cnc(F)c(CC(C)SC(=NC)N(SF)C(=O)OC(C)(C)C)c2)cn1.CC.O=CO. The van der Waals surface area contributed by atoms with Crippen molar-refractivity contribution in [2.24, 2.45) is 4.99 Å². The van der Waals surface area contributed by atoms with Crippen LogP contribution in [-0.2, 0) is 16.0 Å². The van der Waals surface area contributed by atoms with E-state index in [9.17, 15) is 17.5 Å². The summed E-state index contributed by atoms with van der Waals surface area (Å²) in [5.41, 5.74) is -0.406. The average molecular weight is 630 g/mol. The van der Waals surface area contributed by atoms with Gasteiger partial charge < -0.3 is 14.6 Å². The van der Waals surface area contributed by atoms with E-state index in [1.165, 1.54) is 31.7 Å². The average Bonchev–Trinajstić information content (AvgIpc) is 2.94. The van der Waals surface area contributed by atoms with Crippen LogP contribution in [0.25, 0.3) is 11.9 Å². The fourth-order valence-corrected chi connectivity index (χ4v) is 4.09. The van der Waals surface area contributed by atoms with Crippen LogP contribution in [0.4, 0.5) is 17.5 Å². The number of amidine groups is 1. The molecule has 1 unspecified atom stereocenters. The molecule has 0 radical (unpaired) electrons. The van der Waals surface area contributed by atoms with Crippen LogP contribution in [0, 0.1) is 18.3 Å². The number of thioether (sulfide) groups is 1. The van der Waals surface area contributed by atoms with Crippen LogP contribution in [0.5, 0.6) is 5.88 Å². The number of pyridine rings is 1. The van der Waals surface area contributed by atoms with Gasteiger partial charge in [0, 0.05) is 24.1 Å². The van der Waals surface area contributed by atoms with E-state index in [0.29, 0.717) is 9.87 Å². The van der Waals surface area contributed by atoms with Gasteiger partial charge in [-0.2, -0.15) is 8.70 Å². The maximum Gasteiger partial charge on any atom is 0.428 e. The van der Waals surface area contributed by atoms with Gasteiger partial charge in [-0.25, -0.2) is 24.1 Å². The van der Waals surface area contributed by atoms with Gasteiger partial charge in [0.1, 0.15) is 11.3 Å². The number of ether oxygens (including phenoxy) is 2. The smallest absolute Gasteiger partial charge is 0.428 e. The number of halogens is 3. The minimum Gasteiger partial charge on any atom is -0.483 e. The monoisotopic (exact) mass is 629 g/mol. The molecule has 0 aliphatic rings. The lowest BCUT2D eigenvalue weighted by Crippen LogP contribution is -2.35. The lowest BCUT2D eigenvalue weighted by molar-refractivity contribution is -0.122. The van der Waals surface area contributed by atoms with Gasteiger partial charge in [0.25, 0.3) is 6.47 Å². The molecule has 1 amide bonds. The van der Waals surface area contributed by atoms with Crippen LogP contribution >= 0.6 is 24.1 Å². The Hall–Kier alpha value is -3.77. The molecule has 1 atom stereocenters. The van der Waals surface area contributed by atoms with Crippen LogP contribution < -0.4 is 4.74 Å². The molecule has 42 heavy (non-hydrogen) atoms. The molecule has 0 bridgehead atoms. The van der Waals surface area contributed by atoms with Crippen molar-refractivity contribution >= 4 is 53.7 Å². The number of aliphatic imine (C=N–C) groups is 1. The van der Waals surface area contributed by atoms with E-state index in [-0.39, 0.29) is 59.4 Å². The van der Waals surface area contributed by atoms with Crippen molar-refractivity contribution in [3.8, 4) is 18.2 Å². The molecule has 0 saturated carbocycles. The maximum atomic E-state index is 14.7. The minimum absolute atomic E-state index is 0.00430. The van der Waals surface area contributed by atoms with E-state index in [4.69, 9.17) is 25.8 Å². The Labute approximate surface area is 252 Å². The van der Waals surface area contributed by atoms with E-state index in [2.05, 4.69) is 25.9 Å². The minimum atomic E-state index is -0.922. The second-order valence-corrected chi connectivity index (χ2v) is 10.4. The Balaban J connectivity index is 0.00000315. The molecule has 0 spiro atoms. The highest BCUT2D eigenvalue weighted by atomic mass is 32.2. The highest BCUT2D eigenvalue weighted by Crippen LogP contribution is 2.28. The summed E-state index contributed by atoms with van der Waals surface area (Å²) in [5.74, 6) is 0.980. The summed E-state index contributed by atoms with van der Waals surface area (Å²) in [6.07, 6.45) is 9.05. The van der Waals surface area contributed by atoms with Crippen molar-refractivity contribution in [3.05, 3.63) is 47.4 Å². The summed E-state index contributed by atoms with van der Waals surface area (Å²) < 4.78 is 53.7. The van der Waals surface area contributed by atoms with E-state index >= 15 is 0 Å². The lowest BCUT2D eigenvalue weighted by atomic mass is 10.1. The third kappa shape index (κ3) is 14.2. The van der Waals surface area contributed by atoms with Gasteiger partial charge in [-0.3, -0.25) is 9.79 Å². The zero-order valence-corrected chi connectivity index (χ0v) is 25.9. The summed E-state index contributed by atoms with van der Waals surface area (Å²) in [7, 11) is 1.40. The topological polar surface area (TPSA) is 127 Å². The largest absolute Gasteiger partial charge is 0.483 e. The molecule has 10 nitrogen and oxygen atoms in total. The molecular formula is C27H34F3N5O5S2. The molecule has 1 N–H and O–H groups in total. The Bertz CT molecular complexity index is 1240. The van der Waals surface area contributed by atoms with Crippen molar-refractivity contribution < 1.29 is 36.8 Å². The molecule has 0 aliphatic carbocycles. The Morgan fingerprint density at radius 2 is 1.90 bits per heavy atom. The van der Waals surface area contributed by atoms with Crippen LogP contribution in [0.2, 0.25) is 0 Å². The van der Waals surface area contributed by atoms with Crippen LogP contribution in [0.15, 0.2) is 29.6 Å². The quantitative estimate of drug-likeness (QED) is 0.0848. The molecule has 0 fully saturated rings. The summed E-state index contributed by atoms with van der Waals surface area (Å²) in [6.45, 7) is 10.5. The first-order chi connectivity index (χ1) is 19.9. The Kier molecular flexibility index (Phi) is 18.4. The van der Waals surface area contributed by atoms with Crippen LogP contribution in [-0.4, -0.2) is 66.6 Å². The lowest BCUT2D eigenvalue weighted by Gasteiger charge is -2.25. The number of carbonyl (C=O) groups is 2. The zero-order chi connectivity index (χ0) is 32.3. The Morgan fingerprint density at radius 3 is 2.40 bits per heavy atom. The zero-order valence-electron chi connectivity index (χ0n) is 24.3. The second kappa shape index (κ2) is 20.2. The first-order valence-electron chi connectivity index (χ1n) is 12.3. The first kappa shape index (κ1) is 38.2. The number of amides is 1. The predicted octanol–water partition coefficient (Wildman–Crippen LogP) is 6.64. The fraction of sp³-hybridized carbons (Fsp3) is 0.407. The molecule has 0 saturated heterocycles. The van der Waals surface area contributed by atoms with Crippen molar-refractivity contribution in [1.82, 2.24) is 19.3 Å². The van der Waals surface area contributed by atoms with Gasteiger partial charge in [-0.1, -0.05) is 38.5 Å². The van der Waals surface area contributed by atoms with Crippen LogP contribution in [0.3, 0.4) is 0 Å².